The van der Waals surface area contributed by atoms with E-state index in [1.165, 1.54) is 0 Å². The van der Waals surface area contributed by atoms with Crippen molar-refractivity contribution >= 4 is 5.97 Å². The van der Waals surface area contributed by atoms with Crippen LogP contribution in [-0.4, -0.2) is 77.8 Å². The van der Waals surface area contributed by atoms with Gasteiger partial charge in [-0.2, -0.15) is 0 Å². The highest BCUT2D eigenvalue weighted by Gasteiger charge is 2.52. The second-order valence-corrected chi connectivity index (χ2v) is 18.3. The quantitative estimate of drug-likeness (QED) is 0.225. The van der Waals surface area contributed by atoms with Gasteiger partial charge in [0, 0.05) is 24.2 Å². The summed E-state index contributed by atoms with van der Waals surface area (Å²) >= 11 is 0. The summed E-state index contributed by atoms with van der Waals surface area (Å²) in [4.78, 5) is 14.3. The Balaban J connectivity index is 1.82. The third kappa shape index (κ3) is 8.99. The van der Waals surface area contributed by atoms with Crippen molar-refractivity contribution in [3.05, 3.63) is 12.2 Å². The number of hydrogen-bond donors (Lipinski definition) is 1. The predicted molar refractivity (Wildman–Crippen MR) is 194 cm³/mol. The molecule has 290 valence electrons. The average molecular weight is 709 g/mol. The van der Waals surface area contributed by atoms with Crippen molar-refractivity contribution in [2.45, 2.75) is 196 Å². The zero-order valence-corrected chi connectivity index (χ0v) is 34.0. The molecule has 0 aliphatic carbocycles. The van der Waals surface area contributed by atoms with E-state index in [-0.39, 0.29) is 41.5 Å². The molecule has 4 fully saturated rings. The van der Waals surface area contributed by atoms with Crippen LogP contribution in [0.25, 0.3) is 0 Å². The highest BCUT2D eigenvalue weighted by atomic mass is 16.7. The van der Waals surface area contributed by atoms with E-state index in [0.717, 1.165) is 12.0 Å². The molecule has 2 unspecified atom stereocenters. The van der Waals surface area contributed by atoms with E-state index in [2.05, 4.69) is 68.9 Å². The Kier molecular flexibility index (Phi) is 13.1. The van der Waals surface area contributed by atoms with Gasteiger partial charge in [0.25, 0.3) is 0 Å². The first kappa shape index (κ1) is 41.7. The summed E-state index contributed by atoms with van der Waals surface area (Å²) < 4.78 is 46.3. The van der Waals surface area contributed by atoms with Crippen molar-refractivity contribution in [2.75, 3.05) is 0 Å². The minimum Gasteiger partial charge on any atom is -0.457 e. The summed E-state index contributed by atoms with van der Waals surface area (Å²) in [7, 11) is 0. The number of fused-ring (bicyclic) bond motifs is 2. The number of carbonyl (C=O) groups excluding carboxylic acids is 1. The Morgan fingerprint density at radius 1 is 0.840 bits per heavy atom. The number of carbonyl (C=O) groups is 1. The van der Waals surface area contributed by atoms with Gasteiger partial charge in [-0.05, 0) is 89.5 Å². The lowest BCUT2D eigenvalue weighted by molar-refractivity contribution is -0.326. The van der Waals surface area contributed by atoms with Crippen LogP contribution < -0.4 is 0 Å². The van der Waals surface area contributed by atoms with Gasteiger partial charge in [0.1, 0.15) is 6.10 Å². The van der Waals surface area contributed by atoms with Crippen molar-refractivity contribution < 1.29 is 43.1 Å². The normalized spacial score (nSPS) is 49.1. The van der Waals surface area contributed by atoms with E-state index in [0.29, 0.717) is 31.1 Å². The third-order valence-corrected chi connectivity index (χ3v) is 13.0. The summed E-state index contributed by atoms with van der Waals surface area (Å²) in [5.74, 6) is -1.88. The Bertz CT molecular complexity index is 1170. The molecule has 4 heterocycles. The molecule has 4 saturated heterocycles. The Morgan fingerprint density at radius 2 is 1.48 bits per heavy atom. The molecule has 4 aliphatic heterocycles. The number of esters is 1. The maximum atomic E-state index is 14.3. The van der Waals surface area contributed by atoms with Gasteiger partial charge in [-0.3, -0.25) is 4.79 Å². The maximum absolute atomic E-state index is 14.3. The van der Waals surface area contributed by atoms with Crippen LogP contribution in [0.3, 0.4) is 0 Å². The summed E-state index contributed by atoms with van der Waals surface area (Å²) in [5.41, 5.74) is -0.685. The molecule has 2 bridgehead atoms. The fraction of sp³-hybridized carbons (Fsp3) is 0.927. The lowest BCUT2D eigenvalue weighted by atomic mass is 9.72. The molecule has 9 heteroatoms. The topological polar surface area (TPSA) is 102 Å². The highest BCUT2D eigenvalue weighted by molar-refractivity contribution is 5.73. The molecule has 0 amide bonds. The van der Waals surface area contributed by atoms with Gasteiger partial charge >= 0.3 is 5.97 Å². The number of hydrogen-bond acceptors (Lipinski definition) is 9. The van der Waals surface area contributed by atoms with Crippen molar-refractivity contribution in [3.63, 3.8) is 0 Å². The van der Waals surface area contributed by atoms with Crippen LogP contribution in [0.15, 0.2) is 12.2 Å². The molecule has 0 aromatic rings. The second-order valence-electron chi connectivity index (χ2n) is 18.3. The molecule has 4 rings (SSSR count). The molecule has 17 atom stereocenters. The van der Waals surface area contributed by atoms with E-state index in [4.69, 9.17) is 33.2 Å². The van der Waals surface area contributed by atoms with Crippen molar-refractivity contribution in [1.82, 2.24) is 0 Å². The molecular formula is C41H72O9. The summed E-state index contributed by atoms with van der Waals surface area (Å²) in [6.45, 7) is 35.4. The second kappa shape index (κ2) is 15.7. The monoisotopic (exact) mass is 709 g/mol. The number of cyclic esters (lactones) is 1. The summed E-state index contributed by atoms with van der Waals surface area (Å²) in [6, 6.07) is 0. The van der Waals surface area contributed by atoms with Crippen molar-refractivity contribution in [2.24, 2.45) is 46.8 Å². The Morgan fingerprint density at radius 3 is 2.08 bits per heavy atom. The highest BCUT2D eigenvalue weighted by Crippen LogP contribution is 2.46. The van der Waals surface area contributed by atoms with Crippen LogP contribution in [0.4, 0.5) is 0 Å². The summed E-state index contributed by atoms with van der Waals surface area (Å²) in [5, 5.41) is 12.7. The van der Waals surface area contributed by atoms with Gasteiger partial charge in [0.2, 0.25) is 0 Å². The van der Waals surface area contributed by atoms with Crippen molar-refractivity contribution in [3.8, 4) is 0 Å². The largest absolute Gasteiger partial charge is 0.457 e. The van der Waals surface area contributed by atoms with Gasteiger partial charge in [0.05, 0.1) is 48.1 Å². The number of rotatable bonds is 5. The van der Waals surface area contributed by atoms with Crippen LogP contribution in [0.5, 0.6) is 0 Å². The third-order valence-electron chi connectivity index (χ3n) is 13.0. The Labute approximate surface area is 303 Å². The molecule has 1 N–H and O–H groups in total. The Hall–Kier alpha value is -1.07. The molecule has 0 aromatic heterocycles. The number of aliphatic hydroxyl groups is 1. The van der Waals surface area contributed by atoms with E-state index in [9.17, 15) is 9.90 Å². The van der Waals surface area contributed by atoms with Gasteiger partial charge in [-0.25, -0.2) is 0 Å². The van der Waals surface area contributed by atoms with Crippen LogP contribution in [0.1, 0.15) is 130 Å². The first-order valence-corrected chi connectivity index (χ1v) is 19.6. The van der Waals surface area contributed by atoms with E-state index < -0.39 is 66.2 Å². The predicted octanol–water partition coefficient (Wildman–Crippen LogP) is 8.06. The van der Waals surface area contributed by atoms with Crippen LogP contribution in [0, 0.1) is 46.8 Å². The average Bonchev–Trinajstić information content (AvgIpc) is 3.01. The zero-order chi connectivity index (χ0) is 37.7. The molecule has 0 saturated carbocycles. The van der Waals surface area contributed by atoms with E-state index in [1.807, 2.05) is 41.5 Å². The minimum absolute atomic E-state index is 0.0147. The molecule has 0 spiro atoms. The molecule has 0 aromatic carbocycles. The maximum Gasteiger partial charge on any atom is 0.311 e. The van der Waals surface area contributed by atoms with Crippen LogP contribution in [0.2, 0.25) is 0 Å². The van der Waals surface area contributed by atoms with Crippen LogP contribution >= 0.6 is 0 Å². The number of ether oxygens (including phenoxy) is 7. The summed E-state index contributed by atoms with van der Waals surface area (Å²) in [6.07, 6.45) is -1.27. The molecular weight excluding hydrogens is 636 g/mol. The van der Waals surface area contributed by atoms with E-state index >= 15 is 0 Å². The zero-order valence-electron chi connectivity index (χ0n) is 34.0. The smallest absolute Gasteiger partial charge is 0.311 e. The minimum atomic E-state index is -1.36. The lowest BCUT2D eigenvalue weighted by Crippen LogP contribution is -2.58. The molecule has 9 nitrogen and oxygen atoms in total. The van der Waals surface area contributed by atoms with Crippen molar-refractivity contribution in [1.29, 1.82) is 0 Å². The molecule has 0 radical (unpaired) electrons. The first-order valence-electron chi connectivity index (χ1n) is 19.6. The van der Waals surface area contributed by atoms with Crippen LogP contribution in [-0.2, 0) is 38.0 Å². The van der Waals surface area contributed by atoms with Gasteiger partial charge in [-0.1, -0.05) is 68.9 Å². The van der Waals surface area contributed by atoms with E-state index in [1.54, 1.807) is 0 Å². The van der Waals surface area contributed by atoms with Gasteiger partial charge < -0.3 is 38.3 Å². The first-order chi connectivity index (χ1) is 23.0. The fourth-order valence-corrected chi connectivity index (χ4v) is 9.30. The molecule has 50 heavy (non-hydrogen) atoms. The van der Waals surface area contributed by atoms with Gasteiger partial charge in [-0.15, -0.1) is 0 Å². The SMILES string of the molecule is C=C1[C@@H](CC)OC(=O)[C@H](C)[C@@H](OC2CC(C)(C)[C@@H](C)[C@H](C)O2)[C@H](C)[C@@H](OC2O[C@H](C)C[C@H](C)[C@H]2C)[C@@](C)(O)C[C@@H](C)[C@@H]2OC(C)(C)O[C@@H]1[C@H]2C. The molecule has 4 aliphatic rings. The standard InChI is InChI=1S/C41H72O9/c1-17-31-25(6)35-26(7)33(49-40(14,15)50-35)22(3)19-41(16,43)36(48-38-24(5)21(2)18-23(4)44-38)27(8)34(28(9)37(42)46-31)47-32-20-39(12,13)29(10)30(11)45-32/h21-24,26-36,38,43H,6,17-20H2,1-5,7-16H3/t21-,22+,23+,24+,26-,27-,28+,29-,30-,31+,32?,33-,34-,35-,36+,38?,41-/m0/s1. The fourth-order valence-electron chi connectivity index (χ4n) is 9.30. The van der Waals surface area contributed by atoms with Gasteiger partial charge in [0.15, 0.2) is 18.4 Å². The lowest BCUT2D eigenvalue weighted by Gasteiger charge is -2.51.